The lowest BCUT2D eigenvalue weighted by atomic mass is 10.0. The number of nitrogens with zero attached hydrogens (tertiary/aromatic N) is 1. The standard InChI is InChI=1S/C13H12.C12H13NO2.C8H10FN.2CH2O/c1-11-7-9-13(10-8-11)12-5-3-2-4-6-12;1-8-4-5-13-10-7-12(15-3)11(14-2)6-9(8)10;1-6-3-4-8(10-2)7(9)5-6;2*1-2/h2-10H,1H3;4-7H,1-3H3;3-5,10H,1-2H3;2*1H2. The van der Waals surface area contributed by atoms with Gasteiger partial charge in [0.15, 0.2) is 11.5 Å². The summed E-state index contributed by atoms with van der Waals surface area (Å²) in [5.41, 5.74) is 7.46. The van der Waals surface area contributed by atoms with Crippen LogP contribution in [0.2, 0.25) is 0 Å². The van der Waals surface area contributed by atoms with Crippen molar-refractivity contribution in [2.24, 2.45) is 0 Å². The molecule has 0 bridgehead atoms. The van der Waals surface area contributed by atoms with E-state index >= 15 is 0 Å². The van der Waals surface area contributed by atoms with Gasteiger partial charge in [-0.05, 0) is 67.3 Å². The van der Waals surface area contributed by atoms with Crippen LogP contribution in [0.1, 0.15) is 16.7 Å². The fraction of sp³-hybridized carbons (Fsp3) is 0.171. The van der Waals surface area contributed by atoms with Crippen LogP contribution in [0.5, 0.6) is 11.5 Å². The molecule has 1 aromatic heterocycles. The fourth-order valence-corrected chi connectivity index (χ4v) is 3.81. The SMILES string of the molecule is C=O.C=O.CNc1ccc(C)cc1F.COc1cc2nccc(C)c2cc1OC.Cc1ccc(-c2ccccc2)cc1. The zero-order chi connectivity index (χ0) is 31.5. The number of hydrogen-bond donors (Lipinski definition) is 1. The maximum absolute atomic E-state index is 12.8. The summed E-state index contributed by atoms with van der Waals surface area (Å²) >= 11 is 0. The predicted octanol–water partition coefficient (Wildman–Crippen LogP) is 8.03. The molecule has 0 aliphatic rings. The Morgan fingerprint density at radius 1 is 0.690 bits per heavy atom. The van der Waals surface area contributed by atoms with Gasteiger partial charge < -0.3 is 24.4 Å². The zero-order valence-electron chi connectivity index (χ0n) is 25.1. The minimum Gasteiger partial charge on any atom is -0.493 e. The molecular formula is C35H39FN2O4. The molecule has 6 nitrogen and oxygen atoms in total. The van der Waals surface area contributed by atoms with Crippen molar-refractivity contribution in [3.05, 3.63) is 120 Å². The summed E-state index contributed by atoms with van der Waals surface area (Å²) < 4.78 is 23.3. The van der Waals surface area contributed by atoms with Gasteiger partial charge in [0.2, 0.25) is 0 Å². The molecule has 0 aliphatic heterocycles. The minimum absolute atomic E-state index is 0.192. The van der Waals surface area contributed by atoms with Gasteiger partial charge in [0.05, 0.1) is 25.4 Å². The second-order valence-corrected chi connectivity index (χ2v) is 8.82. The number of methoxy groups -OCH3 is 2. The molecule has 1 N–H and O–H groups in total. The Labute approximate surface area is 248 Å². The molecule has 4 aromatic carbocycles. The normalized spacial score (nSPS) is 9.21. The summed E-state index contributed by atoms with van der Waals surface area (Å²) in [6.07, 6.45) is 1.80. The molecule has 0 radical (unpaired) electrons. The lowest BCUT2D eigenvalue weighted by molar-refractivity contribution is -0.0987. The molecule has 0 unspecified atom stereocenters. The van der Waals surface area contributed by atoms with E-state index < -0.39 is 0 Å². The summed E-state index contributed by atoms with van der Waals surface area (Å²) in [5, 5.41) is 3.84. The van der Waals surface area contributed by atoms with E-state index in [2.05, 4.69) is 72.7 Å². The number of nitrogens with one attached hydrogen (secondary N) is 1. The van der Waals surface area contributed by atoms with Gasteiger partial charge in [-0.25, -0.2) is 4.39 Å². The average molecular weight is 571 g/mol. The first-order valence-corrected chi connectivity index (χ1v) is 13.0. The lowest BCUT2D eigenvalue weighted by Crippen LogP contribution is -1.92. The second kappa shape index (κ2) is 19.1. The average Bonchev–Trinajstić information content (AvgIpc) is 3.04. The molecule has 220 valence electrons. The number of fused-ring (bicyclic) bond motifs is 1. The van der Waals surface area contributed by atoms with Crippen LogP contribution in [0.15, 0.2) is 97.2 Å². The van der Waals surface area contributed by atoms with Crippen molar-refractivity contribution in [2.75, 3.05) is 26.6 Å². The van der Waals surface area contributed by atoms with Crippen LogP contribution >= 0.6 is 0 Å². The molecule has 0 atom stereocenters. The number of aryl methyl sites for hydroxylation is 3. The van der Waals surface area contributed by atoms with Crippen LogP contribution in [0.3, 0.4) is 0 Å². The summed E-state index contributed by atoms with van der Waals surface area (Å²) in [4.78, 5) is 20.3. The van der Waals surface area contributed by atoms with Crippen LogP contribution < -0.4 is 14.8 Å². The Hall–Kier alpha value is -5.04. The molecule has 0 saturated heterocycles. The van der Waals surface area contributed by atoms with Gasteiger partial charge in [-0.1, -0.05) is 66.2 Å². The molecular weight excluding hydrogens is 531 g/mol. The topological polar surface area (TPSA) is 77.5 Å². The molecule has 5 aromatic rings. The van der Waals surface area contributed by atoms with Crippen LogP contribution in [0, 0.1) is 26.6 Å². The van der Waals surface area contributed by atoms with E-state index in [4.69, 9.17) is 19.1 Å². The highest BCUT2D eigenvalue weighted by molar-refractivity contribution is 5.85. The third kappa shape index (κ3) is 10.5. The molecule has 5 rings (SSSR count). The number of pyridine rings is 1. The number of hydrogen-bond acceptors (Lipinski definition) is 6. The molecule has 0 spiro atoms. The van der Waals surface area contributed by atoms with E-state index in [0.717, 1.165) is 22.2 Å². The van der Waals surface area contributed by atoms with Gasteiger partial charge in [-0.15, -0.1) is 0 Å². The van der Waals surface area contributed by atoms with E-state index in [-0.39, 0.29) is 5.82 Å². The van der Waals surface area contributed by atoms with Gasteiger partial charge in [0, 0.05) is 24.7 Å². The largest absolute Gasteiger partial charge is 0.493 e. The monoisotopic (exact) mass is 570 g/mol. The van der Waals surface area contributed by atoms with Crippen molar-refractivity contribution in [3.63, 3.8) is 0 Å². The predicted molar refractivity (Wildman–Crippen MR) is 171 cm³/mol. The van der Waals surface area contributed by atoms with Crippen LogP contribution in [-0.4, -0.2) is 39.8 Å². The number of anilines is 1. The molecule has 42 heavy (non-hydrogen) atoms. The smallest absolute Gasteiger partial charge is 0.162 e. The van der Waals surface area contributed by atoms with Gasteiger partial charge >= 0.3 is 0 Å². The molecule has 0 amide bonds. The first-order valence-electron chi connectivity index (χ1n) is 13.0. The van der Waals surface area contributed by atoms with Gasteiger partial charge in [-0.3, -0.25) is 4.98 Å². The number of ether oxygens (including phenoxy) is 2. The summed E-state index contributed by atoms with van der Waals surface area (Å²) in [5.74, 6) is 1.26. The Bertz CT molecular complexity index is 1490. The fourth-order valence-electron chi connectivity index (χ4n) is 3.81. The molecule has 7 heteroatoms. The lowest BCUT2D eigenvalue weighted by Gasteiger charge is -2.09. The molecule has 0 saturated carbocycles. The van der Waals surface area contributed by atoms with E-state index in [1.54, 1.807) is 33.5 Å². The van der Waals surface area contributed by atoms with Gasteiger partial charge in [0.25, 0.3) is 0 Å². The summed E-state index contributed by atoms with van der Waals surface area (Å²) in [6, 6.07) is 30.0. The van der Waals surface area contributed by atoms with Crippen LogP contribution in [-0.2, 0) is 9.59 Å². The number of carbonyl (C=O) groups excluding carboxylic acids is 2. The number of benzene rings is 4. The minimum atomic E-state index is -0.192. The van der Waals surface area contributed by atoms with Crippen molar-refractivity contribution in [1.82, 2.24) is 4.98 Å². The van der Waals surface area contributed by atoms with E-state index in [0.29, 0.717) is 11.4 Å². The van der Waals surface area contributed by atoms with E-state index in [1.807, 2.05) is 50.8 Å². The van der Waals surface area contributed by atoms with Crippen molar-refractivity contribution >= 4 is 30.2 Å². The third-order valence-corrected chi connectivity index (χ3v) is 6.02. The highest BCUT2D eigenvalue weighted by atomic mass is 19.1. The Kier molecular flexibility index (Phi) is 15.9. The number of halogens is 1. The Balaban J connectivity index is 0.000000302. The first kappa shape index (κ1) is 35.0. The molecule has 1 heterocycles. The van der Waals surface area contributed by atoms with Crippen molar-refractivity contribution in [3.8, 4) is 22.6 Å². The van der Waals surface area contributed by atoms with Gasteiger partial charge in [0.1, 0.15) is 19.4 Å². The highest BCUT2D eigenvalue weighted by Gasteiger charge is 2.07. The third-order valence-electron chi connectivity index (χ3n) is 6.02. The van der Waals surface area contributed by atoms with Crippen LogP contribution in [0.4, 0.5) is 10.1 Å². The highest BCUT2D eigenvalue weighted by Crippen LogP contribution is 2.32. The quantitative estimate of drug-likeness (QED) is 0.236. The maximum Gasteiger partial charge on any atom is 0.162 e. The van der Waals surface area contributed by atoms with E-state index in [9.17, 15) is 4.39 Å². The first-order chi connectivity index (χ1) is 20.4. The van der Waals surface area contributed by atoms with Crippen LogP contribution in [0.25, 0.3) is 22.0 Å². The van der Waals surface area contributed by atoms with Crippen molar-refractivity contribution in [2.45, 2.75) is 20.8 Å². The zero-order valence-corrected chi connectivity index (χ0v) is 25.1. The second-order valence-electron chi connectivity index (χ2n) is 8.82. The van der Waals surface area contributed by atoms with Crippen molar-refractivity contribution in [1.29, 1.82) is 0 Å². The Morgan fingerprint density at radius 3 is 1.79 bits per heavy atom. The van der Waals surface area contributed by atoms with Crippen molar-refractivity contribution < 1.29 is 23.5 Å². The number of carbonyl (C=O) groups is 2. The summed E-state index contributed by atoms with van der Waals surface area (Å²) in [6.45, 7) is 10.0. The summed E-state index contributed by atoms with van der Waals surface area (Å²) in [7, 11) is 4.96. The Morgan fingerprint density at radius 2 is 1.24 bits per heavy atom. The van der Waals surface area contributed by atoms with Gasteiger partial charge in [-0.2, -0.15) is 0 Å². The number of rotatable bonds is 4. The molecule has 0 aliphatic carbocycles. The molecule has 0 fully saturated rings. The maximum atomic E-state index is 12.8. The number of aromatic nitrogens is 1. The van der Waals surface area contributed by atoms with E-state index in [1.165, 1.54) is 28.3 Å².